The fraction of sp³-hybridized carbons (Fsp3) is 0.786. The van der Waals surface area contributed by atoms with E-state index in [1.54, 1.807) is 0 Å². The zero-order valence-electron chi connectivity index (χ0n) is 11.1. The Labute approximate surface area is 104 Å². The van der Waals surface area contributed by atoms with Gasteiger partial charge in [0.25, 0.3) is 0 Å². The summed E-state index contributed by atoms with van der Waals surface area (Å²) in [5, 5.41) is 3.41. The lowest BCUT2D eigenvalue weighted by atomic mass is 9.67. The van der Waals surface area contributed by atoms with Gasteiger partial charge in [-0.25, -0.2) is 4.98 Å². The van der Waals surface area contributed by atoms with Crippen molar-refractivity contribution in [2.24, 2.45) is 5.41 Å². The van der Waals surface area contributed by atoms with E-state index in [-0.39, 0.29) is 0 Å². The van der Waals surface area contributed by atoms with Crippen molar-refractivity contribution in [2.45, 2.75) is 59.0 Å². The molecule has 0 saturated heterocycles. The van der Waals surface area contributed by atoms with E-state index in [1.807, 2.05) is 0 Å². The minimum atomic E-state index is 0.587. The lowest BCUT2D eigenvalue weighted by Gasteiger charge is -2.42. The highest BCUT2D eigenvalue weighted by atomic mass is 15.1. The molecule has 0 amide bonds. The van der Waals surface area contributed by atoms with Gasteiger partial charge < -0.3 is 9.88 Å². The molecule has 1 aromatic rings. The van der Waals surface area contributed by atoms with Crippen molar-refractivity contribution in [3.63, 3.8) is 0 Å². The number of imidazole rings is 1. The predicted octanol–water partition coefficient (Wildman–Crippen LogP) is 2.42. The van der Waals surface area contributed by atoms with Crippen LogP contribution in [0.1, 0.15) is 49.8 Å². The molecule has 2 heterocycles. The fourth-order valence-corrected chi connectivity index (χ4v) is 3.35. The highest BCUT2D eigenvalue weighted by molar-refractivity contribution is 5.20. The summed E-state index contributed by atoms with van der Waals surface area (Å²) in [4.78, 5) is 4.73. The molecule has 0 bridgehead atoms. The molecular weight excluding hydrogens is 210 g/mol. The first-order valence-corrected chi connectivity index (χ1v) is 7.00. The first-order chi connectivity index (χ1) is 8.24. The van der Waals surface area contributed by atoms with Crippen molar-refractivity contribution in [3.8, 4) is 0 Å². The van der Waals surface area contributed by atoms with Crippen LogP contribution in [0.25, 0.3) is 0 Å². The molecule has 1 N–H and O–H groups in total. The minimum absolute atomic E-state index is 0.587. The Bertz CT molecular complexity index is 410. The predicted molar refractivity (Wildman–Crippen MR) is 68.9 cm³/mol. The molecule has 3 nitrogen and oxygen atoms in total. The van der Waals surface area contributed by atoms with Crippen LogP contribution in [0, 0.1) is 12.3 Å². The second-order valence-corrected chi connectivity index (χ2v) is 5.77. The normalized spacial score (nSPS) is 22.0. The summed E-state index contributed by atoms with van der Waals surface area (Å²) in [6, 6.07) is 0. The Morgan fingerprint density at radius 1 is 1.41 bits per heavy atom. The van der Waals surface area contributed by atoms with Crippen molar-refractivity contribution < 1.29 is 0 Å². The van der Waals surface area contributed by atoms with E-state index in [0.717, 1.165) is 19.5 Å². The molecule has 0 unspecified atom stereocenters. The van der Waals surface area contributed by atoms with Gasteiger partial charge in [0.1, 0.15) is 5.82 Å². The van der Waals surface area contributed by atoms with Gasteiger partial charge in [-0.3, -0.25) is 0 Å². The number of aromatic nitrogens is 2. The molecule has 0 spiro atoms. The highest BCUT2D eigenvalue weighted by Gasteiger charge is 2.36. The van der Waals surface area contributed by atoms with E-state index in [1.165, 1.54) is 49.4 Å². The highest BCUT2D eigenvalue weighted by Crippen LogP contribution is 2.45. The van der Waals surface area contributed by atoms with Crippen LogP contribution in [-0.4, -0.2) is 16.1 Å². The van der Waals surface area contributed by atoms with E-state index in [2.05, 4.69) is 23.7 Å². The summed E-state index contributed by atoms with van der Waals surface area (Å²) in [6.07, 6.45) is 6.71. The van der Waals surface area contributed by atoms with Crippen LogP contribution in [0.2, 0.25) is 0 Å². The molecule has 1 aliphatic carbocycles. The largest absolute Gasteiger partial charge is 0.331 e. The Morgan fingerprint density at radius 2 is 2.24 bits per heavy atom. The Kier molecular flexibility index (Phi) is 2.74. The van der Waals surface area contributed by atoms with Crippen LogP contribution in [0.15, 0.2) is 0 Å². The topological polar surface area (TPSA) is 29.9 Å². The van der Waals surface area contributed by atoms with Crippen molar-refractivity contribution in [2.75, 3.05) is 6.54 Å². The quantitative estimate of drug-likeness (QED) is 0.869. The lowest BCUT2D eigenvalue weighted by molar-refractivity contribution is 0.0981. The molecule has 0 aromatic carbocycles. The minimum Gasteiger partial charge on any atom is -0.331 e. The van der Waals surface area contributed by atoms with E-state index >= 15 is 0 Å². The molecule has 17 heavy (non-hydrogen) atoms. The number of nitrogens with one attached hydrogen (secondary N) is 1. The average molecular weight is 233 g/mol. The van der Waals surface area contributed by atoms with Crippen molar-refractivity contribution in [1.29, 1.82) is 0 Å². The van der Waals surface area contributed by atoms with Gasteiger partial charge in [-0.15, -0.1) is 0 Å². The van der Waals surface area contributed by atoms with Gasteiger partial charge in [0, 0.05) is 31.7 Å². The van der Waals surface area contributed by atoms with Crippen LogP contribution >= 0.6 is 0 Å². The van der Waals surface area contributed by atoms with Gasteiger partial charge >= 0.3 is 0 Å². The first kappa shape index (κ1) is 11.3. The number of fused-ring (bicyclic) bond motifs is 1. The Hall–Kier alpha value is -0.830. The maximum absolute atomic E-state index is 4.73. The molecule has 3 rings (SSSR count). The van der Waals surface area contributed by atoms with E-state index < -0.39 is 0 Å². The van der Waals surface area contributed by atoms with Gasteiger partial charge in [0.15, 0.2) is 0 Å². The smallest absolute Gasteiger partial charge is 0.106 e. The third-order valence-electron chi connectivity index (χ3n) is 4.84. The second kappa shape index (κ2) is 4.13. The van der Waals surface area contributed by atoms with Gasteiger partial charge in [-0.2, -0.15) is 0 Å². The third-order valence-corrected chi connectivity index (χ3v) is 4.84. The van der Waals surface area contributed by atoms with Crippen LogP contribution in [0.5, 0.6) is 0 Å². The molecule has 1 fully saturated rings. The van der Waals surface area contributed by atoms with Gasteiger partial charge in [0.2, 0.25) is 0 Å². The second-order valence-electron chi connectivity index (χ2n) is 5.77. The fourth-order valence-electron chi connectivity index (χ4n) is 3.35. The SMILES string of the molecule is CCC1(Cn2c(C)nc3c2CCNC3)CCC1. The Balaban J connectivity index is 1.89. The number of hydrogen-bond donors (Lipinski definition) is 1. The van der Waals surface area contributed by atoms with E-state index in [0.29, 0.717) is 5.41 Å². The first-order valence-electron chi connectivity index (χ1n) is 7.00. The average Bonchev–Trinajstić information content (AvgIpc) is 2.60. The molecule has 1 aliphatic heterocycles. The summed E-state index contributed by atoms with van der Waals surface area (Å²) in [7, 11) is 0. The van der Waals surface area contributed by atoms with E-state index in [4.69, 9.17) is 4.98 Å². The number of rotatable bonds is 3. The molecule has 2 aliphatic rings. The van der Waals surface area contributed by atoms with Crippen LogP contribution in [-0.2, 0) is 19.5 Å². The van der Waals surface area contributed by atoms with Crippen LogP contribution < -0.4 is 5.32 Å². The molecule has 0 atom stereocenters. The molecule has 94 valence electrons. The maximum atomic E-state index is 4.73. The van der Waals surface area contributed by atoms with E-state index in [9.17, 15) is 0 Å². The zero-order valence-corrected chi connectivity index (χ0v) is 11.1. The molecular formula is C14H23N3. The van der Waals surface area contributed by atoms with Gasteiger partial charge in [-0.1, -0.05) is 13.3 Å². The lowest BCUT2D eigenvalue weighted by Crippen LogP contribution is -2.35. The third kappa shape index (κ3) is 1.81. The number of hydrogen-bond acceptors (Lipinski definition) is 2. The van der Waals surface area contributed by atoms with Crippen LogP contribution in [0.4, 0.5) is 0 Å². The standard InChI is InChI=1S/C14H23N3/c1-3-14(6-4-7-14)10-17-11(2)16-12-9-15-8-5-13(12)17/h15H,3-10H2,1-2H3. The summed E-state index contributed by atoms with van der Waals surface area (Å²) < 4.78 is 2.51. The summed E-state index contributed by atoms with van der Waals surface area (Å²) in [5.74, 6) is 1.22. The molecule has 1 aromatic heterocycles. The molecule has 3 heteroatoms. The number of aryl methyl sites for hydroxylation is 1. The summed E-state index contributed by atoms with van der Waals surface area (Å²) in [6.45, 7) is 7.79. The number of nitrogens with zero attached hydrogens (tertiary/aromatic N) is 2. The van der Waals surface area contributed by atoms with Crippen molar-refractivity contribution >= 4 is 0 Å². The zero-order chi connectivity index (χ0) is 11.9. The van der Waals surface area contributed by atoms with Gasteiger partial charge in [0.05, 0.1) is 5.69 Å². The maximum Gasteiger partial charge on any atom is 0.106 e. The summed E-state index contributed by atoms with van der Waals surface area (Å²) in [5.41, 5.74) is 3.38. The monoisotopic (exact) mass is 233 g/mol. The van der Waals surface area contributed by atoms with Crippen molar-refractivity contribution in [1.82, 2.24) is 14.9 Å². The molecule has 1 saturated carbocycles. The molecule has 0 radical (unpaired) electrons. The van der Waals surface area contributed by atoms with Crippen LogP contribution in [0.3, 0.4) is 0 Å². The Morgan fingerprint density at radius 3 is 2.88 bits per heavy atom. The van der Waals surface area contributed by atoms with Crippen molar-refractivity contribution in [3.05, 3.63) is 17.2 Å². The summed E-state index contributed by atoms with van der Waals surface area (Å²) >= 11 is 0. The van der Waals surface area contributed by atoms with Gasteiger partial charge in [-0.05, 0) is 31.6 Å².